The van der Waals surface area contributed by atoms with Crippen molar-refractivity contribution < 1.29 is 4.74 Å². The Balaban J connectivity index is 2.75. The van der Waals surface area contributed by atoms with Crippen LogP contribution in [-0.2, 0) is 0 Å². The van der Waals surface area contributed by atoms with Gasteiger partial charge in [-0.15, -0.1) is 0 Å². The maximum atomic E-state index is 5.74. The van der Waals surface area contributed by atoms with Gasteiger partial charge in [-0.3, -0.25) is 0 Å². The molecule has 2 aromatic rings. The van der Waals surface area contributed by atoms with Crippen LogP contribution in [0, 0.1) is 6.92 Å². The van der Waals surface area contributed by atoms with Crippen LogP contribution in [0.4, 0.5) is 0 Å². The van der Waals surface area contributed by atoms with Crippen molar-refractivity contribution >= 4 is 22.5 Å². The summed E-state index contributed by atoms with van der Waals surface area (Å²) in [5.41, 5.74) is 1.70. The highest BCUT2D eigenvalue weighted by Crippen LogP contribution is 2.22. The van der Waals surface area contributed by atoms with Gasteiger partial charge in [0, 0.05) is 5.39 Å². The lowest BCUT2D eigenvalue weighted by Crippen LogP contribution is -1.91. The van der Waals surface area contributed by atoms with E-state index in [-0.39, 0.29) is 5.28 Å². The maximum Gasteiger partial charge on any atom is 0.223 e. The van der Waals surface area contributed by atoms with Crippen molar-refractivity contribution in [2.24, 2.45) is 0 Å². The van der Waals surface area contributed by atoms with Crippen molar-refractivity contribution in [1.29, 1.82) is 0 Å². The van der Waals surface area contributed by atoms with Crippen LogP contribution < -0.4 is 4.74 Å². The number of nitrogens with zero attached hydrogens (tertiary/aromatic N) is 2. The van der Waals surface area contributed by atoms with E-state index < -0.39 is 0 Å². The lowest BCUT2D eigenvalue weighted by molar-refractivity contribution is 0.415. The molecule has 0 saturated carbocycles. The van der Waals surface area contributed by atoms with E-state index in [1.807, 2.05) is 25.1 Å². The minimum absolute atomic E-state index is 0.278. The molecule has 72 valence electrons. The Labute approximate surface area is 86.7 Å². The number of benzene rings is 1. The fourth-order valence-corrected chi connectivity index (χ4v) is 1.57. The second kappa shape index (κ2) is 3.42. The number of aromatic nitrogens is 2. The van der Waals surface area contributed by atoms with Crippen LogP contribution >= 0.6 is 11.6 Å². The zero-order valence-corrected chi connectivity index (χ0v) is 8.67. The lowest BCUT2D eigenvalue weighted by Gasteiger charge is -2.04. The monoisotopic (exact) mass is 208 g/mol. The second-order valence-corrected chi connectivity index (χ2v) is 3.30. The van der Waals surface area contributed by atoms with E-state index in [1.165, 1.54) is 0 Å². The van der Waals surface area contributed by atoms with Gasteiger partial charge in [-0.1, -0.05) is 0 Å². The molecule has 3 nitrogen and oxygen atoms in total. The van der Waals surface area contributed by atoms with Crippen LogP contribution in [0.25, 0.3) is 10.9 Å². The molecule has 0 aliphatic carbocycles. The quantitative estimate of drug-likeness (QED) is 0.676. The first-order valence-corrected chi connectivity index (χ1v) is 4.56. The Hall–Kier alpha value is -1.35. The molecule has 2 rings (SSSR count). The molecule has 0 amide bonds. The molecule has 1 aromatic carbocycles. The first kappa shape index (κ1) is 9.21. The molecule has 4 heteroatoms. The second-order valence-electron chi connectivity index (χ2n) is 2.96. The van der Waals surface area contributed by atoms with E-state index >= 15 is 0 Å². The fourth-order valence-electron chi connectivity index (χ4n) is 1.35. The number of ether oxygens (including phenoxy) is 1. The molecule has 0 saturated heterocycles. The summed E-state index contributed by atoms with van der Waals surface area (Å²) in [6.07, 6.45) is 0. The average Bonchev–Trinajstić information content (AvgIpc) is 2.17. The minimum Gasteiger partial charge on any atom is -0.497 e. The molecule has 0 unspecified atom stereocenters. The molecule has 0 aliphatic heterocycles. The summed E-state index contributed by atoms with van der Waals surface area (Å²) < 4.78 is 5.12. The van der Waals surface area contributed by atoms with Crippen LogP contribution in [0.15, 0.2) is 18.2 Å². The summed E-state index contributed by atoms with van der Waals surface area (Å²) in [5, 5.41) is 1.24. The van der Waals surface area contributed by atoms with Gasteiger partial charge in [-0.25, -0.2) is 9.97 Å². The van der Waals surface area contributed by atoms with E-state index in [9.17, 15) is 0 Å². The highest BCUT2D eigenvalue weighted by Gasteiger charge is 2.03. The Morgan fingerprint density at radius 1 is 1.29 bits per heavy atom. The first-order valence-electron chi connectivity index (χ1n) is 4.18. The van der Waals surface area contributed by atoms with Gasteiger partial charge in [-0.05, 0) is 36.7 Å². The maximum absolute atomic E-state index is 5.74. The predicted molar refractivity (Wildman–Crippen MR) is 55.8 cm³/mol. The average molecular weight is 209 g/mol. The normalized spacial score (nSPS) is 10.5. The molecule has 0 N–H and O–H groups in total. The number of rotatable bonds is 1. The van der Waals surface area contributed by atoms with Crippen molar-refractivity contribution in [2.75, 3.05) is 7.11 Å². The van der Waals surface area contributed by atoms with Gasteiger partial charge >= 0.3 is 0 Å². The molecule has 0 atom stereocenters. The van der Waals surface area contributed by atoms with Crippen LogP contribution in [0.5, 0.6) is 5.75 Å². The molecule has 0 fully saturated rings. The highest BCUT2D eigenvalue weighted by molar-refractivity contribution is 6.28. The summed E-state index contributed by atoms with van der Waals surface area (Å²) in [6.45, 7) is 1.90. The van der Waals surface area contributed by atoms with E-state index in [2.05, 4.69) is 9.97 Å². The molecule has 0 aliphatic rings. The zero-order chi connectivity index (χ0) is 10.1. The van der Waals surface area contributed by atoms with Crippen molar-refractivity contribution in [2.45, 2.75) is 6.92 Å². The summed E-state index contributed by atoms with van der Waals surface area (Å²) in [4.78, 5) is 8.19. The van der Waals surface area contributed by atoms with E-state index in [0.29, 0.717) is 0 Å². The highest BCUT2D eigenvalue weighted by atomic mass is 35.5. The Bertz CT molecular complexity index is 485. The van der Waals surface area contributed by atoms with Crippen molar-refractivity contribution in [3.8, 4) is 5.75 Å². The molecular weight excluding hydrogens is 200 g/mol. The Kier molecular flexibility index (Phi) is 2.25. The van der Waals surface area contributed by atoms with E-state index in [1.54, 1.807) is 7.11 Å². The molecule has 1 aromatic heterocycles. The van der Waals surface area contributed by atoms with Crippen LogP contribution in [0.1, 0.15) is 5.69 Å². The van der Waals surface area contributed by atoms with Gasteiger partial charge in [0.25, 0.3) is 0 Å². The van der Waals surface area contributed by atoms with Crippen molar-refractivity contribution in [1.82, 2.24) is 9.97 Å². The van der Waals surface area contributed by atoms with Crippen LogP contribution in [-0.4, -0.2) is 17.1 Å². The number of hydrogen-bond acceptors (Lipinski definition) is 3. The standard InChI is InChI=1S/C10H9ClN2O/c1-6-8-5-7(14-2)3-4-9(8)13-10(11)12-6/h3-5H,1-2H3. The van der Waals surface area contributed by atoms with Gasteiger partial charge < -0.3 is 4.74 Å². The van der Waals surface area contributed by atoms with Gasteiger partial charge in [0.05, 0.1) is 18.3 Å². The summed E-state index contributed by atoms with van der Waals surface area (Å²) in [5.74, 6) is 0.798. The summed E-state index contributed by atoms with van der Waals surface area (Å²) in [6, 6.07) is 5.63. The molecule has 0 radical (unpaired) electrons. The molecule has 0 bridgehead atoms. The number of aryl methyl sites for hydroxylation is 1. The molecule has 14 heavy (non-hydrogen) atoms. The Morgan fingerprint density at radius 3 is 2.79 bits per heavy atom. The summed E-state index contributed by atoms with van der Waals surface area (Å²) in [7, 11) is 1.63. The number of methoxy groups -OCH3 is 1. The minimum atomic E-state index is 0.278. The number of halogens is 1. The van der Waals surface area contributed by atoms with Crippen molar-refractivity contribution in [3.05, 3.63) is 29.2 Å². The third kappa shape index (κ3) is 1.51. The van der Waals surface area contributed by atoms with Crippen LogP contribution in [0.3, 0.4) is 0 Å². The van der Waals surface area contributed by atoms with E-state index in [4.69, 9.17) is 16.3 Å². The fraction of sp³-hybridized carbons (Fsp3) is 0.200. The van der Waals surface area contributed by atoms with Gasteiger partial charge in [-0.2, -0.15) is 0 Å². The number of hydrogen-bond donors (Lipinski definition) is 0. The number of fused-ring (bicyclic) bond motifs is 1. The topological polar surface area (TPSA) is 35.0 Å². The third-order valence-corrected chi connectivity index (χ3v) is 2.24. The molecular formula is C10H9ClN2O. The largest absolute Gasteiger partial charge is 0.497 e. The molecule has 0 spiro atoms. The van der Waals surface area contributed by atoms with E-state index in [0.717, 1.165) is 22.3 Å². The zero-order valence-electron chi connectivity index (χ0n) is 7.91. The molecule has 1 heterocycles. The van der Waals surface area contributed by atoms with Gasteiger partial charge in [0.15, 0.2) is 0 Å². The SMILES string of the molecule is COc1ccc2nc(Cl)nc(C)c2c1. The van der Waals surface area contributed by atoms with Crippen molar-refractivity contribution in [3.63, 3.8) is 0 Å². The van der Waals surface area contributed by atoms with Gasteiger partial charge in [0.1, 0.15) is 5.75 Å². The lowest BCUT2D eigenvalue weighted by atomic mass is 10.2. The Morgan fingerprint density at radius 2 is 2.07 bits per heavy atom. The van der Waals surface area contributed by atoms with Crippen LogP contribution in [0.2, 0.25) is 5.28 Å². The first-order chi connectivity index (χ1) is 6.70. The summed E-state index contributed by atoms with van der Waals surface area (Å²) >= 11 is 5.74. The predicted octanol–water partition coefficient (Wildman–Crippen LogP) is 2.60. The smallest absolute Gasteiger partial charge is 0.223 e. The van der Waals surface area contributed by atoms with Gasteiger partial charge in [0.2, 0.25) is 5.28 Å². The third-order valence-electron chi connectivity index (χ3n) is 2.07.